The number of carboxylic acid groups (broad SMARTS) is 1. The molecule has 0 saturated carbocycles. The molecule has 0 aliphatic heterocycles. The monoisotopic (exact) mass is 264 g/mol. The molecule has 0 saturated heterocycles. The second kappa shape index (κ2) is 8.26. The van der Waals surface area contributed by atoms with Gasteiger partial charge in [0.2, 0.25) is 5.91 Å². The Labute approximate surface area is 113 Å². The number of hydrogen-bond donors (Lipinski definition) is 3. The summed E-state index contributed by atoms with van der Waals surface area (Å²) in [6.07, 6.45) is 0.579. The molecule has 0 unspecified atom stereocenters. The van der Waals surface area contributed by atoms with E-state index in [9.17, 15) is 9.59 Å². The molecule has 0 bridgehead atoms. The van der Waals surface area contributed by atoms with E-state index in [1.54, 1.807) is 0 Å². The predicted octanol–water partition coefficient (Wildman–Crippen LogP) is 0.798. The number of amides is 1. The molecule has 0 aromatic heterocycles. The van der Waals surface area contributed by atoms with Crippen LogP contribution in [-0.4, -0.2) is 36.1 Å². The number of benzene rings is 1. The molecule has 1 amide bonds. The molecule has 0 heterocycles. The molecule has 1 aromatic rings. The number of carboxylic acids is 1. The van der Waals surface area contributed by atoms with Crippen LogP contribution in [0.1, 0.15) is 18.9 Å². The molecule has 19 heavy (non-hydrogen) atoms. The molecule has 0 aliphatic rings. The van der Waals surface area contributed by atoms with Gasteiger partial charge >= 0.3 is 5.97 Å². The quantitative estimate of drug-likeness (QED) is 0.607. The van der Waals surface area contributed by atoms with Crippen LogP contribution in [0.15, 0.2) is 30.3 Å². The van der Waals surface area contributed by atoms with E-state index in [0.717, 1.165) is 12.1 Å². The van der Waals surface area contributed by atoms with Gasteiger partial charge < -0.3 is 15.7 Å². The van der Waals surface area contributed by atoms with Crippen LogP contribution >= 0.6 is 0 Å². The summed E-state index contributed by atoms with van der Waals surface area (Å²) in [7, 11) is 0. The molecular formula is C14H20N2O3. The molecular weight excluding hydrogens is 244 g/mol. The first kappa shape index (κ1) is 15.2. The number of nitrogens with one attached hydrogen (secondary N) is 2. The van der Waals surface area contributed by atoms with Gasteiger partial charge in [-0.15, -0.1) is 0 Å². The summed E-state index contributed by atoms with van der Waals surface area (Å²) in [5.74, 6) is -1.26. The molecule has 0 spiro atoms. The zero-order chi connectivity index (χ0) is 14.1. The number of hydrogen-bond acceptors (Lipinski definition) is 3. The number of rotatable bonds is 8. The molecule has 1 atom stereocenters. The van der Waals surface area contributed by atoms with Crippen molar-refractivity contribution in [1.29, 1.82) is 0 Å². The Morgan fingerprint density at radius 2 is 1.95 bits per heavy atom. The van der Waals surface area contributed by atoms with E-state index in [-0.39, 0.29) is 12.3 Å². The van der Waals surface area contributed by atoms with Crippen molar-refractivity contribution in [3.63, 3.8) is 0 Å². The summed E-state index contributed by atoms with van der Waals surface area (Å²) in [5.41, 5.74) is 0.891. The van der Waals surface area contributed by atoms with Crippen molar-refractivity contribution >= 4 is 11.9 Å². The lowest BCUT2D eigenvalue weighted by Crippen LogP contribution is -2.43. The third-order valence-corrected chi connectivity index (χ3v) is 2.69. The maximum absolute atomic E-state index is 11.6. The van der Waals surface area contributed by atoms with E-state index < -0.39 is 12.0 Å². The van der Waals surface area contributed by atoms with Gasteiger partial charge in [0.25, 0.3) is 0 Å². The molecule has 3 N–H and O–H groups in total. The smallest absolute Gasteiger partial charge is 0.326 e. The second-order valence-electron chi connectivity index (χ2n) is 4.25. The standard InChI is InChI=1S/C14H20N2O3/c1-2-15-9-8-13(17)16-12(14(18)19)10-11-6-4-3-5-7-11/h3-7,12,15H,2,8-10H2,1H3,(H,16,17)(H,18,19)/t12-/m0/s1. The van der Waals surface area contributed by atoms with Crippen molar-refractivity contribution in [2.45, 2.75) is 25.8 Å². The molecule has 1 rings (SSSR count). The molecule has 1 aromatic carbocycles. The Morgan fingerprint density at radius 1 is 1.26 bits per heavy atom. The van der Waals surface area contributed by atoms with Crippen LogP contribution in [0.25, 0.3) is 0 Å². The minimum atomic E-state index is -1.01. The average Bonchev–Trinajstić information content (AvgIpc) is 2.39. The van der Waals surface area contributed by atoms with Gasteiger partial charge in [0.05, 0.1) is 0 Å². The minimum absolute atomic E-state index is 0.246. The Morgan fingerprint density at radius 3 is 2.53 bits per heavy atom. The third-order valence-electron chi connectivity index (χ3n) is 2.69. The highest BCUT2D eigenvalue weighted by Crippen LogP contribution is 2.03. The van der Waals surface area contributed by atoms with Crippen LogP contribution in [0.5, 0.6) is 0 Å². The zero-order valence-corrected chi connectivity index (χ0v) is 11.1. The largest absolute Gasteiger partial charge is 0.480 e. The van der Waals surface area contributed by atoms with Crippen LogP contribution in [0.3, 0.4) is 0 Å². The fraction of sp³-hybridized carbons (Fsp3) is 0.429. The third kappa shape index (κ3) is 6.01. The first-order valence-electron chi connectivity index (χ1n) is 6.40. The van der Waals surface area contributed by atoms with Crippen LogP contribution in [0.4, 0.5) is 0 Å². The highest BCUT2D eigenvalue weighted by atomic mass is 16.4. The predicted molar refractivity (Wildman–Crippen MR) is 72.9 cm³/mol. The van der Waals surface area contributed by atoms with Crippen molar-refractivity contribution in [2.75, 3.05) is 13.1 Å². The molecule has 104 valence electrons. The topological polar surface area (TPSA) is 78.4 Å². The fourth-order valence-corrected chi connectivity index (χ4v) is 1.70. The second-order valence-corrected chi connectivity index (χ2v) is 4.25. The van der Waals surface area contributed by atoms with E-state index in [1.807, 2.05) is 37.3 Å². The van der Waals surface area contributed by atoms with E-state index in [4.69, 9.17) is 5.11 Å². The van der Waals surface area contributed by atoms with Crippen LogP contribution in [0, 0.1) is 0 Å². The molecule has 5 heteroatoms. The van der Waals surface area contributed by atoms with Crippen LogP contribution in [0.2, 0.25) is 0 Å². The van der Waals surface area contributed by atoms with E-state index >= 15 is 0 Å². The summed E-state index contributed by atoms with van der Waals surface area (Å²) >= 11 is 0. The first-order valence-corrected chi connectivity index (χ1v) is 6.40. The summed E-state index contributed by atoms with van der Waals surface area (Å²) in [6.45, 7) is 3.30. The SMILES string of the molecule is CCNCCC(=O)N[C@@H](Cc1ccccc1)C(=O)O. The summed E-state index contributed by atoms with van der Waals surface area (Å²) < 4.78 is 0. The molecule has 5 nitrogen and oxygen atoms in total. The Bertz CT molecular complexity index is 406. The van der Waals surface area contributed by atoms with Gasteiger partial charge in [-0.05, 0) is 12.1 Å². The summed E-state index contributed by atoms with van der Waals surface area (Å²) in [4.78, 5) is 22.7. The lowest BCUT2D eigenvalue weighted by Gasteiger charge is -2.14. The normalized spacial score (nSPS) is 11.8. The van der Waals surface area contributed by atoms with Gasteiger partial charge in [0.1, 0.15) is 6.04 Å². The fourth-order valence-electron chi connectivity index (χ4n) is 1.70. The molecule has 0 fully saturated rings. The van der Waals surface area contributed by atoms with Crippen LogP contribution in [-0.2, 0) is 16.0 Å². The first-order chi connectivity index (χ1) is 9.13. The van der Waals surface area contributed by atoms with Gasteiger partial charge in [-0.1, -0.05) is 37.3 Å². The Balaban J connectivity index is 2.49. The highest BCUT2D eigenvalue weighted by molar-refractivity contribution is 5.83. The van der Waals surface area contributed by atoms with Gasteiger partial charge in [0, 0.05) is 19.4 Å². The highest BCUT2D eigenvalue weighted by Gasteiger charge is 2.19. The summed E-state index contributed by atoms with van der Waals surface area (Å²) in [5, 5.41) is 14.7. The van der Waals surface area contributed by atoms with Crippen molar-refractivity contribution in [2.24, 2.45) is 0 Å². The van der Waals surface area contributed by atoms with Crippen molar-refractivity contribution in [1.82, 2.24) is 10.6 Å². The Hall–Kier alpha value is -1.88. The van der Waals surface area contributed by atoms with Gasteiger partial charge in [0.15, 0.2) is 0 Å². The Kier molecular flexibility index (Phi) is 6.60. The minimum Gasteiger partial charge on any atom is -0.480 e. The van der Waals surface area contributed by atoms with E-state index in [0.29, 0.717) is 13.0 Å². The van der Waals surface area contributed by atoms with Gasteiger partial charge in [-0.3, -0.25) is 4.79 Å². The zero-order valence-electron chi connectivity index (χ0n) is 11.1. The maximum atomic E-state index is 11.6. The molecule has 0 aliphatic carbocycles. The molecule has 0 radical (unpaired) electrons. The van der Waals surface area contributed by atoms with E-state index in [1.165, 1.54) is 0 Å². The van der Waals surface area contributed by atoms with Crippen LogP contribution < -0.4 is 10.6 Å². The van der Waals surface area contributed by atoms with Gasteiger partial charge in [-0.25, -0.2) is 4.79 Å². The van der Waals surface area contributed by atoms with Crippen molar-refractivity contribution in [3.05, 3.63) is 35.9 Å². The van der Waals surface area contributed by atoms with E-state index in [2.05, 4.69) is 10.6 Å². The lowest BCUT2D eigenvalue weighted by atomic mass is 10.1. The van der Waals surface area contributed by atoms with Gasteiger partial charge in [-0.2, -0.15) is 0 Å². The average molecular weight is 264 g/mol. The van der Waals surface area contributed by atoms with Crippen molar-refractivity contribution < 1.29 is 14.7 Å². The van der Waals surface area contributed by atoms with Crippen molar-refractivity contribution in [3.8, 4) is 0 Å². The number of carbonyl (C=O) groups is 2. The lowest BCUT2D eigenvalue weighted by molar-refractivity contribution is -0.141. The number of aliphatic carboxylic acids is 1. The maximum Gasteiger partial charge on any atom is 0.326 e. The number of carbonyl (C=O) groups excluding carboxylic acids is 1. The summed E-state index contributed by atoms with van der Waals surface area (Å²) in [6, 6.07) is 8.38.